The second kappa shape index (κ2) is 5.81. The third-order valence-corrected chi connectivity index (χ3v) is 5.48. The van der Waals surface area contributed by atoms with Crippen LogP contribution in [0.5, 0.6) is 0 Å². The number of para-hydroxylation sites is 1. The van der Waals surface area contributed by atoms with Crippen molar-refractivity contribution in [1.29, 1.82) is 0 Å². The molecular weight excluding hydrogens is 308 g/mol. The lowest BCUT2D eigenvalue weighted by Crippen LogP contribution is -2.57. The number of likely N-dealkylation sites (tertiary alicyclic amines) is 1. The Hall–Kier alpha value is -2.14. The number of carbonyl (C=O) groups excluding carboxylic acids is 2. The van der Waals surface area contributed by atoms with Crippen molar-refractivity contribution in [3.05, 3.63) is 52.2 Å². The first-order valence-corrected chi connectivity index (χ1v) is 8.84. The first-order chi connectivity index (χ1) is 11.2. The molecule has 4 nitrogen and oxygen atoms in total. The normalized spacial score (nSPS) is 17.6. The van der Waals surface area contributed by atoms with Crippen LogP contribution in [0.1, 0.15) is 21.7 Å². The van der Waals surface area contributed by atoms with Gasteiger partial charge in [0.15, 0.2) is 0 Å². The van der Waals surface area contributed by atoms with Gasteiger partial charge in [-0.05, 0) is 35.9 Å². The van der Waals surface area contributed by atoms with Crippen LogP contribution < -0.4 is 4.90 Å². The summed E-state index contributed by atoms with van der Waals surface area (Å²) in [7, 11) is 0. The third-order valence-electron chi connectivity index (χ3n) is 4.63. The van der Waals surface area contributed by atoms with E-state index >= 15 is 0 Å². The van der Waals surface area contributed by atoms with Gasteiger partial charge >= 0.3 is 0 Å². The molecule has 2 aromatic rings. The first-order valence-electron chi connectivity index (χ1n) is 7.96. The monoisotopic (exact) mass is 326 g/mol. The lowest BCUT2D eigenvalue weighted by Gasteiger charge is -2.41. The smallest absolute Gasteiger partial charge is 0.263 e. The summed E-state index contributed by atoms with van der Waals surface area (Å²) >= 11 is 1.45. The zero-order valence-corrected chi connectivity index (χ0v) is 13.6. The molecule has 2 aliphatic rings. The second-order valence-electron chi connectivity index (χ2n) is 6.11. The van der Waals surface area contributed by atoms with E-state index in [4.69, 9.17) is 0 Å². The van der Waals surface area contributed by atoms with Gasteiger partial charge in [0.05, 0.1) is 10.8 Å². The zero-order chi connectivity index (χ0) is 15.8. The van der Waals surface area contributed by atoms with Crippen molar-refractivity contribution in [3.8, 4) is 0 Å². The van der Waals surface area contributed by atoms with Crippen LogP contribution in [0.15, 0.2) is 41.8 Å². The number of rotatable bonds is 2. The predicted octanol–water partition coefficient (Wildman–Crippen LogP) is 2.80. The molecule has 118 valence electrons. The molecule has 23 heavy (non-hydrogen) atoms. The number of amides is 2. The standard InChI is InChI=1S/C18H18N2O2S/c21-17(20-9-3-6-13-5-1-2-7-15(13)20)14-11-19(12-14)18(22)16-8-4-10-23-16/h1-2,4-5,7-8,10,14H,3,6,9,11-12H2. The van der Waals surface area contributed by atoms with Crippen LogP contribution >= 0.6 is 11.3 Å². The average Bonchev–Trinajstić information content (AvgIpc) is 3.07. The van der Waals surface area contributed by atoms with E-state index in [1.807, 2.05) is 40.6 Å². The van der Waals surface area contributed by atoms with Crippen molar-refractivity contribution in [1.82, 2.24) is 4.90 Å². The molecule has 1 saturated heterocycles. The van der Waals surface area contributed by atoms with E-state index in [9.17, 15) is 9.59 Å². The van der Waals surface area contributed by atoms with Crippen molar-refractivity contribution in [2.75, 3.05) is 24.5 Å². The van der Waals surface area contributed by atoms with Crippen LogP contribution in [0.25, 0.3) is 0 Å². The summed E-state index contributed by atoms with van der Waals surface area (Å²) in [6.07, 6.45) is 2.04. The molecule has 0 radical (unpaired) electrons. The van der Waals surface area contributed by atoms with Gasteiger partial charge in [-0.3, -0.25) is 9.59 Å². The molecule has 0 spiro atoms. The summed E-state index contributed by atoms with van der Waals surface area (Å²) in [6.45, 7) is 1.85. The van der Waals surface area contributed by atoms with Crippen LogP contribution in [-0.2, 0) is 11.2 Å². The van der Waals surface area contributed by atoms with E-state index in [-0.39, 0.29) is 17.7 Å². The lowest BCUT2D eigenvalue weighted by molar-refractivity contribution is -0.126. The molecule has 0 saturated carbocycles. The topological polar surface area (TPSA) is 40.6 Å². The Labute approximate surface area is 139 Å². The third kappa shape index (κ3) is 2.55. The van der Waals surface area contributed by atoms with Crippen LogP contribution in [0.4, 0.5) is 5.69 Å². The highest BCUT2D eigenvalue weighted by Gasteiger charge is 2.39. The van der Waals surface area contributed by atoms with Gasteiger partial charge in [-0.15, -0.1) is 11.3 Å². The quantitative estimate of drug-likeness (QED) is 0.851. The average molecular weight is 326 g/mol. The summed E-state index contributed by atoms with van der Waals surface area (Å²) in [5, 5.41) is 1.90. The Morgan fingerprint density at radius 3 is 2.70 bits per heavy atom. The van der Waals surface area contributed by atoms with Gasteiger partial charge in [0.2, 0.25) is 5.91 Å². The summed E-state index contributed by atoms with van der Waals surface area (Å²) in [6, 6.07) is 11.9. The maximum Gasteiger partial charge on any atom is 0.263 e. The van der Waals surface area contributed by atoms with Crippen molar-refractivity contribution in [2.45, 2.75) is 12.8 Å². The Balaban J connectivity index is 1.43. The molecular formula is C18H18N2O2S. The fraction of sp³-hybridized carbons (Fsp3) is 0.333. The van der Waals surface area contributed by atoms with Gasteiger partial charge in [-0.1, -0.05) is 24.3 Å². The number of thiophene rings is 1. The van der Waals surface area contributed by atoms with Crippen LogP contribution in [0, 0.1) is 5.92 Å². The van der Waals surface area contributed by atoms with Gasteiger partial charge in [0.1, 0.15) is 0 Å². The molecule has 0 atom stereocenters. The van der Waals surface area contributed by atoms with Gasteiger partial charge < -0.3 is 9.80 Å². The fourth-order valence-electron chi connectivity index (χ4n) is 3.34. The molecule has 0 N–H and O–H groups in total. The van der Waals surface area contributed by atoms with Gasteiger partial charge in [-0.25, -0.2) is 0 Å². The molecule has 0 bridgehead atoms. The van der Waals surface area contributed by atoms with Crippen LogP contribution in [-0.4, -0.2) is 36.3 Å². The number of carbonyl (C=O) groups is 2. The van der Waals surface area contributed by atoms with Crippen LogP contribution in [0.2, 0.25) is 0 Å². The highest BCUT2D eigenvalue weighted by molar-refractivity contribution is 7.12. The first kappa shape index (κ1) is 14.5. The predicted molar refractivity (Wildman–Crippen MR) is 90.8 cm³/mol. The number of hydrogen-bond donors (Lipinski definition) is 0. The number of hydrogen-bond acceptors (Lipinski definition) is 3. The molecule has 5 heteroatoms. The van der Waals surface area contributed by atoms with E-state index in [1.54, 1.807) is 4.90 Å². The van der Waals surface area contributed by atoms with E-state index in [2.05, 4.69) is 6.07 Å². The summed E-state index contributed by atoms with van der Waals surface area (Å²) < 4.78 is 0. The van der Waals surface area contributed by atoms with E-state index < -0.39 is 0 Å². The summed E-state index contributed by atoms with van der Waals surface area (Å²) in [5.74, 6) is 0.139. The Kier molecular flexibility index (Phi) is 3.65. The maximum absolute atomic E-state index is 12.8. The molecule has 2 aliphatic heterocycles. The van der Waals surface area contributed by atoms with E-state index in [1.165, 1.54) is 16.9 Å². The number of benzene rings is 1. The molecule has 1 aromatic carbocycles. The number of nitrogens with zero attached hydrogens (tertiary/aromatic N) is 2. The summed E-state index contributed by atoms with van der Waals surface area (Å²) in [5.41, 5.74) is 2.30. The molecule has 1 aromatic heterocycles. The Morgan fingerprint density at radius 2 is 1.91 bits per heavy atom. The van der Waals surface area contributed by atoms with Crippen molar-refractivity contribution < 1.29 is 9.59 Å². The van der Waals surface area contributed by atoms with Crippen molar-refractivity contribution in [2.24, 2.45) is 5.92 Å². The van der Waals surface area contributed by atoms with Gasteiger partial charge in [-0.2, -0.15) is 0 Å². The molecule has 2 amide bonds. The molecule has 1 fully saturated rings. The molecule has 0 unspecified atom stereocenters. The number of fused-ring (bicyclic) bond motifs is 1. The number of aryl methyl sites for hydroxylation is 1. The zero-order valence-electron chi connectivity index (χ0n) is 12.8. The van der Waals surface area contributed by atoms with Gasteiger partial charge in [0, 0.05) is 25.3 Å². The lowest BCUT2D eigenvalue weighted by atomic mass is 9.95. The van der Waals surface area contributed by atoms with Crippen molar-refractivity contribution >= 4 is 28.8 Å². The SMILES string of the molecule is O=C(c1cccs1)N1CC(C(=O)N2CCCc3ccccc32)C1. The highest BCUT2D eigenvalue weighted by atomic mass is 32.1. The van der Waals surface area contributed by atoms with Crippen LogP contribution in [0.3, 0.4) is 0 Å². The Morgan fingerprint density at radius 1 is 1.09 bits per heavy atom. The van der Waals surface area contributed by atoms with E-state index in [0.717, 1.165) is 30.0 Å². The molecule has 0 aliphatic carbocycles. The highest BCUT2D eigenvalue weighted by Crippen LogP contribution is 2.30. The summed E-state index contributed by atoms with van der Waals surface area (Å²) in [4.78, 5) is 29.5. The maximum atomic E-state index is 12.8. The van der Waals surface area contributed by atoms with Crippen molar-refractivity contribution in [3.63, 3.8) is 0 Å². The molecule has 4 rings (SSSR count). The molecule has 3 heterocycles. The second-order valence-corrected chi connectivity index (χ2v) is 7.05. The van der Waals surface area contributed by atoms with E-state index in [0.29, 0.717) is 13.1 Å². The minimum atomic E-state index is -0.0648. The Bertz CT molecular complexity index is 735. The minimum Gasteiger partial charge on any atom is -0.336 e. The fourth-order valence-corrected chi connectivity index (χ4v) is 4.03. The number of anilines is 1. The largest absolute Gasteiger partial charge is 0.336 e. The minimum absolute atomic E-state index is 0.0445. The van der Waals surface area contributed by atoms with Gasteiger partial charge in [0.25, 0.3) is 5.91 Å².